The number of nitrogen functional groups attached to an aromatic ring is 1. The predicted octanol–water partition coefficient (Wildman–Crippen LogP) is 3.86. The number of fused-ring (bicyclic) bond motifs is 2. The zero-order valence-corrected chi connectivity index (χ0v) is 21.6. The number of aromatic nitrogens is 2. The zero-order valence-electron chi connectivity index (χ0n) is 20.8. The highest BCUT2D eigenvalue weighted by Crippen LogP contribution is 2.35. The van der Waals surface area contributed by atoms with Crippen LogP contribution in [-0.2, 0) is 12.8 Å². The second kappa shape index (κ2) is 9.89. The lowest BCUT2D eigenvalue weighted by Gasteiger charge is -2.26. The van der Waals surface area contributed by atoms with E-state index in [-0.39, 0.29) is 18.0 Å². The van der Waals surface area contributed by atoms with E-state index >= 15 is 0 Å². The van der Waals surface area contributed by atoms with Crippen LogP contribution >= 0.6 is 11.3 Å². The van der Waals surface area contributed by atoms with E-state index in [0.717, 1.165) is 51.4 Å². The van der Waals surface area contributed by atoms with Gasteiger partial charge in [0.05, 0.1) is 11.6 Å². The summed E-state index contributed by atoms with van der Waals surface area (Å²) < 4.78 is 27.1. The van der Waals surface area contributed by atoms with E-state index in [1.165, 1.54) is 11.3 Å². The molecule has 1 saturated heterocycles. The van der Waals surface area contributed by atoms with Crippen LogP contribution in [0.3, 0.4) is 0 Å². The molecule has 3 unspecified atom stereocenters. The number of nitrogens with zero attached hydrogens (tertiary/aromatic N) is 3. The third-order valence-corrected chi connectivity index (χ3v) is 8.39. The first-order chi connectivity index (χ1) is 17.2. The number of halogens is 2. The molecule has 5 rings (SSSR count). The molecule has 3 atom stereocenters. The van der Waals surface area contributed by atoms with E-state index in [1.807, 2.05) is 43.9 Å². The van der Waals surface area contributed by atoms with Gasteiger partial charge >= 0.3 is 0 Å². The van der Waals surface area contributed by atoms with Crippen molar-refractivity contribution in [1.82, 2.24) is 20.6 Å². The highest BCUT2D eigenvalue weighted by atomic mass is 32.1. The highest BCUT2D eigenvalue weighted by molar-refractivity contribution is 7.21. The van der Waals surface area contributed by atoms with Crippen molar-refractivity contribution in [3.8, 4) is 0 Å². The summed E-state index contributed by atoms with van der Waals surface area (Å²) >= 11 is 1.33. The van der Waals surface area contributed by atoms with Crippen molar-refractivity contribution in [2.24, 2.45) is 5.92 Å². The van der Waals surface area contributed by atoms with Crippen LogP contribution in [0.1, 0.15) is 45.5 Å². The van der Waals surface area contributed by atoms with Gasteiger partial charge in [-0.05, 0) is 62.9 Å². The largest absolute Gasteiger partial charge is 0.397 e. The summed E-state index contributed by atoms with van der Waals surface area (Å²) in [5, 5.41) is 7.20. The number of aryl methyl sites for hydroxylation is 3. The minimum Gasteiger partial charge on any atom is -0.397 e. The van der Waals surface area contributed by atoms with Crippen molar-refractivity contribution in [2.45, 2.75) is 58.5 Å². The number of likely N-dealkylation sites (N-methyl/N-ethyl adjacent to an activating group) is 1. The van der Waals surface area contributed by atoms with Crippen molar-refractivity contribution in [3.05, 3.63) is 45.6 Å². The fourth-order valence-corrected chi connectivity index (χ4v) is 6.66. The van der Waals surface area contributed by atoms with Gasteiger partial charge in [-0.25, -0.2) is 18.7 Å². The van der Waals surface area contributed by atoms with Crippen LogP contribution in [0.25, 0.3) is 10.2 Å². The number of thiophene rings is 1. The Morgan fingerprint density at radius 2 is 2.08 bits per heavy atom. The van der Waals surface area contributed by atoms with Crippen LogP contribution in [0.4, 0.5) is 20.3 Å². The van der Waals surface area contributed by atoms with Crippen LogP contribution < -0.4 is 21.3 Å². The molecule has 1 aliphatic heterocycles. The molecule has 36 heavy (non-hydrogen) atoms. The number of anilines is 2. The number of hydrogen-bond acceptors (Lipinski definition) is 7. The molecule has 4 N–H and O–H groups in total. The second-order valence-electron chi connectivity index (χ2n) is 9.86. The first-order valence-electron chi connectivity index (χ1n) is 12.5. The summed E-state index contributed by atoms with van der Waals surface area (Å²) in [4.78, 5) is 25.7. The summed E-state index contributed by atoms with van der Waals surface area (Å²) in [6.45, 7) is 7.34. The summed E-state index contributed by atoms with van der Waals surface area (Å²) in [5.41, 5.74) is 10.8. The highest BCUT2D eigenvalue weighted by Gasteiger charge is 2.39. The molecular formula is C26H32F2N6OS. The Bertz CT molecular complexity index is 1300. The number of nitrogens with two attached hydrogens (primary N) is 1. The molecule has 2 aliphatic rings. The van der Waals surface area contributed by atoms with Crippen LogP contribution in [0.5, 0.6) is 0 Å². The molecule has 3 aromatic rings. The zero-order chi connectivity index (χ0) is 25.6. The van der Waals surface area contributed by atoms with Gasteiger partial charge in [0.25, 0.3) is 5.91 Å². The third kappa shape index (κ3) is 4.64. The molecule has 0 aromatic carbocycles. The summed E-state index contributed by atoms with van der Waals surface area (Å²) in [6, 6.07) is 5.66. The number of alkyl halides is 2. The summed E-state index contributed by atoms with van der Waals surface area (Å²) in [7, 11) is 0. The lowest BCUT2D eigenvalue weighted by molar-refractivity contribution is 0.0743. The average molecular weight is 515 g/mol. The average Bonchev–Trinajstić information content (AvgIpc) is 3.40. The van der Waals surface area contributed by atoms with Gasteiger partial charge in [-0.3, -0.25) is 4.79 Å². The van der Waals surface area contributed by atoms with Crippen LogP contribution in [0.2, 0.25) is 0 Å². The minimum absolute atomic E-state index is 0.0220. The van der Waals surface area contributed by atoms with E-state index in [9.17, 15) is 13.6 Å². The Morgan fingerprint density at radius 3 is 2.83 bits per heavy atom. The lowest BCUT2D eigenvalue weighted by Crippen LogP contribution is -2.39. The number of hydrogen-bond donors (Lipinski definition) is 3. The molecule has 3 aromatic heterocycles. The summed E-state index contributed by atoms with van der Waals surface area (Å²) in [5.74, 6) is -0.125. The first-order valence-corrected chi connectivity index (χ1v) is 13.3. The number of nitrogens with one attached hydrogen (secondary N) is 2. The van der Waals surface area contributed by atoms with Crippen molar-refractivity contribution in [1.29, 1.82) is 0 Å². The van der Waals surface area contributed by atoms with Gasteiger partial charge in [0.1, 0.15) is 15.5 Å². The number of pyridine rings is 2. The molecule has 7 nitrogen and oxygen atoms in total. The van der Waals surface area contributed by atoms with Crippen molar-refractivity contribution in [3.63, 3.8) is 0 Å². The fraction of sp³-hybridized carbons (Fsp3) is 0.500. The first kappa shape index (κ1) is 24.8. The molecule has 0 bridgehead atoms. The molecule has 1 amide bonds. The molecule has 4 heterocycles. The molecular weight excluding hydrogens is 482 g/mol. The predicted molar refractivity (Wildman–Crippen MR) is 140 cm³/mol. The number of rotatable bonds is 6. The second-order valence-corrected chi connectivity index (χ2v) is 10.9. The van der Waals surface area contributed by atoms with Gasteiger partial charge in [0.15, 0.2) is 0 Å². The van der Waals surface area contributed by atoms with E-state index in [2.05, 4.69) is 15.6 Å². The smallest absolute Gasteiger partial charge is 0.263 e. The minimum atomic E-state index is -2.36. The van der Waals surface area contributed by atoms with Crippen LogP contribution in [0, 0.1) is 19.8 Å². The van der Waals surface area contributed by atoms with Gasteiger partial charge in [-0.1, -0.05) is 13.0 Å². The number of amides is 1. The fourth-order valence-electron chi connectivity index (χ4n) is 5.54. The quantitative estimate of drug-likeness (QED) is 0.462. The SMILES string of the molecule is CCNC1CN(c2ccc3c(n2)CCC(NC(=O)c2sc4nc(C)cc(C)c4c2N)C3)CC1C(F)F. The van der Waals surface area contributed by atoms with E-state index in [0.29, 0.717) is 36.6 Å². The Labute approximate surface area is 213 Å². The van der Waals surface area contributed by atoms with Crippen LogP contribution in [-0.4, -0.2) is 54.0 Å². The van der Waals surface area contributed by atoms with Crippen molar-refractivity contribution in [2.75, 3.05) is 30.3 Å². The Hall–Kier alpha value is -2.85. The Morgan fingerprint density at radius 1 is 1.28 bits per heavy atom. The molecule has 192 valence electrons. The van der Waals surface area contributed by atoms with Gasteiger partial charge < -0.3 is 21.3 Å². The topological polar surface area (TPSA) is 96.2 Å². The van der Waals surface area contributed by atoms with Gasteiger partial charge in [-0.2, -0.15) is 0 Å². The Kier molecular flexibility index (Phi) is 6.82. The number of carbonyl (C=O) groups excluding carboxylic acids is 1. The molecule has 1 aliphatic carbocycles. The molecule has 10 heteroatoms. The maximum Gasteiger partial charge on any atom is 0.263 e. The van der Waals surface area contributed by atoms with Crippen LogP contribution in [0.15, 0.2) is 18.2 Å². The number of carbonyl (C=O) groups is 1. The van der Waals surface area contributed by atoms with E-state index < -0.39 is 12.3 Å². The van der Waals surface area contributed by atoms with Gasteiger partial charge in [0.2, 0.25) is 6.43 Å². The summed E-state index contributed by atoms with van der Waals surface area (Å²) in [6.07, 6.45) is -0.205. The molecule has 0 spiro atoms. The molecule has 1 fully saturated rings. The van der Waals surface area contributed by atoms with Gasteiger partial charge in [-0.15, -0.1) is 11.3 Å². The normalized spacial score (nSPS) is 21.8. The van der Waals surface area contributed by atoms with Crippen molar-refractivity contribution < 1.29 is 13.6 Å². The van der Waals surface area contributed by atoms with E-state index in [1.54, 1.807) is 0 Å². The lowest BCUT2D eigenvalue weighted by atomic mass is 9.91. The monoisotopic (exact) mass is 514 g/mol. The third-order valence-electron chi connectivity index (χ3n) is 7.29. The van der Waals surface area contributed by atoms with E-state index in [4.69, 9.17) is 10.7 Å². The molecule has 0 radical (unpaired) electrons. The maximum atomic E-state index is 13.5. The standard InChI is InChI=1S/C26H32F2N6OS/c1-4-30-19-12-34(11-17(19)24(27)28)20-8-5-15-10-16(6-7-18(15)33-20)32-25(35)23-22(29)21-13(2)9-14(3)31-26(21)36-23/h5,8-9,16-17,19,24,30H,4,6-7,10-12,29H2,1-3H3,(H,32,35). The Balaban J connectivity index is 1.28. The molecule has 0 saturated carbocycles. The van der Waals surface area contributed by atoms with Gasteiger partial charge in [0, 0.05) is 41.9 Å². The van der Waals surface area contributed by atoms with Crippen molar-refractivity contribution >= 4 is 39.0 Å². The maximum absolute atomic E-state index is 13.5.